The van der Waals surface area contributed by atoms with Crippen molar-refractivity contribution >= 4 is 40.3 Å². The number of carbonyl (C=O) groups excluding carboxylic acids is 1. The lowest BCUT2D eigenvalue weighted by Gasteiger charge is -2.08. The molecule has 1 amide bonds. The second-order valence-corrected chi connectivity index (χ2v) is 6.55. The average molecular weight is 367 g/mol. The van der Waals surface area contributed by atoms with Crippen LogP contribution in [-0.4, -0.2) is 18.0 Å². The third-order valence-corrected chi connectivity index (χ3v) is 4.90. The van der Waals surface area contributed by atoms with Crippen LogP contribution in [0.15, 0.2) is 52.0 Å². The lowest BCUT2D eigenvalue weighted by molar-refractivity contribution is -0.112. The number of aromatic nitrogens is 1. The molecule has 0 fully saturated rings. The van der Waals surface area contributed by atoms with Crippen LogP contribution in [-0.2, 0) is 4.79 Å². The average Bonchev–Trinajstić information content (AvgIpc) is 3.31. The summed E-state index contributed by atoms with van der Waals surface area (Å²) in [5.74, 6) is 0.0265. The molecule has 0 aliphatic heterocycles. The number of carbonyl (C=O) groups is 1. The van der Waals surface area contributed by atoms with Gasteiger partial charge in [-0.25, -0.2) is 4.98 Å². The zero-order chi connectivity index (χ0) is 17.6. The van der Waals surface area contributed by atoms with Crippen LogP contribution in [0, 0.1) is 11.3 Å². The van der Waals surface area contributed by atoms with Crippen molar-refractivity contribution in [3.63, 3.8) is 0 Å². The Morgan fingerprint density at radius 3 is 2.88 bits per heavy atom. The van der Waals surface area contributed by atoms with Gasteiger partial charge in [0.2, 0.25) is 0 Å². The number of hydrogen-bond donors (Lipinski definition) is 1. The van der Waals surface area contributed by atoms with E-state index in [1.165, 1.54) is 24.5 Å². The highest BCUT2D eigenvalue weighted by molar-refractivity contribution is 7.14. The van der Waals surface area contributed by atoms with Gasteiger partial charge in [0.25, 0.3) is 5.91 Å². The summed E-state index contributed by atoms with van der Waals surface area (Å²) in [5.41, 5.74) is 2.10. The first-order valence-corrected chi connectivity index (χ1v) is 9.08. The predicted molar refractivity (Wildman–Crippen MR) is 101 cm³/mol. The summed E-state index contributed by atoms with van der Waals surface area (Å²) in [6.07, 6.45) is 1.48. The molecule has 0 saturated heterocycles. The van der Waals surface area contributed by atoms with Crippen molar-refractivity contribution in [2.45, 2.75) is 0 Å². The maximum absolute atomic E-state index is 12.4. The normalized spacial score (nSPS) is 11.0. The Morgan fingerprint density at radius 2 is 2.16 bits per heavy atom. The predicted octanol–water partition coefficient (Wildman–Crippen LogP) is 4.43. The number of methoxy groups -OCH3 is 1. The molecule has 7 heteroatoms. The van der Waals surface area contributed by atoms with Gasteiger partial charge in [0.15, 0.2) is 0 Å². The van der Waals surface area contributed by atoms with E-state index in [1.807, 2.05) is 28.3 Å². The van der Waals surface area contributed by atoms with Gasteiger partial charge in [-0.2, -0.15) is 16.6 Å². The van der Waals surface area contributed by atoms with Crippen molar-refractivity contribution in [3.05, 3.63) is 57.7 Å². The lowest BCUT2D eigenvalue weighted by Crippen LogP contribution is -2.14. The van der Waals surface area contributed by atoms with E-state index in [4.69, 9.17) is 4.74 Å². The van der Waals surface area contributed by atoms with E-state index in [0.717, 1.165) is 10.6 Å². The minimum Gasteiger partial charge on any atom is -0.495 e. The molecule has 124 valence electrons. The van der Waals surface area contributed by atoms with Crippen molar-refractivity contribution in [3.8, 4) is 22.4 Å². The fourth-order valence-corrected chi connectivity index (χ4v) is 3.59. The molecule has 3 rings (SSSR count). The number of anilines is 1. The zero-order valence-corrected chi connectivity index (χ0v) is 14.9. The highest BCUT2D eigenvalue weighted by Crippen LogP contribution is 2.27. The van der Waals surface area contributed by atoms with Crippen LogP contribution in [0.5, 0.6) is 5.75 Å². The largest absolute Gasteiger partial charge is 0.495 e. The van der Waals surface area contributed by atoms with Crippen LogP contribution in [0.4, 0.5) is 5.69 Å². The minimum absolute atomic E-state index is 0.0203. The van der Waals surface area contributed by atoms with E-state index in [2.05, 4.69) is 10.3 Å². The number of nitriles is 1. The molecule has 2 aromatic heterocycles. The minimum atomic E-state index is -0.503. The first kappa shape index (κ1) is 16.9. The van der Waals surface area contributed by atoms with Crippen LogP contribution in [0.25, 0.3) is 16.6 Å². The Labute approximate surface area is 152 Å². The molecule has 0 unspecified atom stereocenters. The molecule has 1 aromatic carbocycles. The molecule has 1 N–H and O–H groups in total. The van der Waals surface area contributed by atoms with E-state index in [-0.39, 0.29) is 5.57 Å². The third kappa shape index (κ3) is 3.94. The smallest absolute Gasteiger partial charge is 0.266 e. The fraction of sp³-hybridized carbons (Fsp3) is 0.0556. The van der Waals surface area contributed by atoms with Crippen LogP contribution < -0.4 is 10.1 Å². The van der Waals surface area contributed by atoms with Gasteiger partial charge >= 0.3 is 0 Å². The van der Waals surface area contributed by atoms with Crippen LogP contribution in [0.1, 0.15) is 5.69 Å². The second-order valence-electron chi connectivity index (χ2n) is 4.91. The van der Waals surface area contributed by atoms with Gasteiger partial charge in [-0.3, -0.25) is 4.79 Å². The third-order valence-electron chi connectivity index (χ3n) is 3.30. The molecule has 2 heterocycles. The van der Waals surface area contributed by atoms with Crippen LogP contribution in [0.3, 0.4) is 0 Å². The van der Waals surface area contributed by atoms with Crippen LogP contribution >= 0.6 is 22.7 Å². The summed E-state index contributed by atoms with van der Waals surface area (Å²) in [4.78, 5) is 16.8. The summed E-state index contributed by atoms with van der Waals surface area (Å²) >= 11 is 3.07. The number of benzene rings is 1. The van der Waals surface area contributed by atoms with Crippen molar-refractivity contribution in [2.75, 3.05) is 12.4 Å². The molecule has 3 aromatic rings. The molecule has 0 aliphatic rings. The van der Waals surface area contributed by atoms with Crippen LogP contribution in [0.2, 0.25) is 0 Å². The first-order valence-electron chi connectivity index (χ1n) is 7.25. The summed E-state index contributed by atoms with van der Waals surface area (Å²) < 4.78 is 5.20. The van der Waals surface area contributed by atoms with Crippen molar-refractivity contribution in [1.82, 2.24) is 4.98 Å². The van der Waals surface area contributed by atoms with Gasteiger partial charge in [0.05, 0.1) is 18.5 Å². The molecule has 0 bridgehead atoms. The number of amides is 1. The van der Waals surface area contributed by atoms with E-state index in [1.54, 1.807) is 35.6 Å². The summed E-state index contributed by atoms with van der Waals surface area (Å²) in [6.45, 7) is 0. The molecule has 0 spiro atoms. The van der Waals surface area contributed by atoms with Crippen molar-refractivity contribution in [2.24, 2.45) is 0 Å². The number of nitrogens with zero attached hydrogens (tertiary/aromatic N) is 2. The summed E-state index contributed by atoms with van der Waals surface area (Å²) in [7, 11) is 1.52. The molecular weight excluding hydrogens is 354 g/mol. The molecule has 0 aliphatic carbocycles. The number of thiophene rings is 1. The summed E-state index contributed by atoms with van der Waals surface area (Å²) in [6, 6.07) is 10.9. The monoisotopic (exact) mass is 367 g/mol. The van der Waals surface area contributed by atoms with Crippen molar-refractivity contribution < 1.29 is 9.53 Å². The van der Waals surface area contributed by atoms with Gasteiger partial charge in [0.1, 0.15) is 22.4 Å². The van der Waals surface area contributed by atoms with Gasteiger partial charge < -0.3 is 10.1 Å². The number of rotatable bonds is 5. The Kier molecular flexibility index (Phi) is 5.23. The van der Waals surface area contributed by atoms with E-state index >= 15 is 0 Å². The molecule has 0 saturated carbocycles. The highest BCUT2D eigenvalue weighted by Gasteiger charge is 2.13. The maximum Gasteiger partial charge on any atom is 0.266 e. The lowest BCUT2D eigenvalue weighted by atomic mass is 10.2. The zero-order valence-electron chi connectivity index (χ0n) is 13.2. The Hall–Kier alpha value is -2.95. The molecular formula is C18H13N3O2S2. The van der Waals surface area contributed by atoms with Gasteiger partial charge in [-0.05, 0) is 29.7 Å². The number of ether oxygens (including phenoxy) is 1. The first-order chi connectivity index (χ1) is 12.2. The van der Waals surface area contributed by atoms with Gasteiger partial charge in [0, 0.05) is 16.3 Å². The van der Waals surface area contributed by atoms with E-state index in [0.29, 0.717) is 17.1 Å². The van der Waals surface area contributed by atoms with E-state index in [9.17, 15) is 10.1 Å². The van der Waals surface area contributed by atoms with Crippen molar-refractivity contribution in [1.29, 1.82) is 5.26 Å². The van der Waals surface area contributed by atoms with E-state index < -0.39 is 5.91 Å². The topological polar surface area (TPSA) is 75.0 Å². The Bertz CT molecular complexity index is 953. The molecule has 5 nitrogen and oxygen atoms in total. The number of para-hydroxylation sites is 2. The Morgan fingerprint density at radius 1 is 1.32 bits per heavy atom. The fourth-order valence-electron chi connectivity index (χ4n) is 2.11. The standard InChI is InChI=1S/C18H13N3O2S2/c1-23-16-5-3-2-4-15(16)21-17(22)13(9-19)8-14-11-25-18(20-14)12-6-7-24-10-12/h2-8,10-11H,1H3,(H,21,22)/b13-8-. The number of hydrogen-bond acceptors (Lipinski definition) is 6. The second kappa shape index (κ2) is 7.75. The molecule has 25 heavy (non-hydrogen) atoms. The van der Waals surface area contributed by atoms with Gasteiger partial charge in [-0.1, -0.05) is 12.1 Å². The molecule has 0 radical (unpaired) electrons. The SMILES string of the molecule is COc1ccccc1NC(=O)/C(C#N)=C\c1csc(-c2ccsc2)n1. The number of thiazole rings is 1. The number of nitrogens with one attached hydrogen (secondary N) is 1. The quantitative estimate of drug-likeness (QED) is 0.535. The Balaban J connectivity index is 1.81. The summed E-state index contributed by atoms with van der Waals surface area (Å²) in [5, 5.41) is 18.7. The van der Waals surface area contributed by atoms with Gasteiger partial charge in [-0.15, -0.1) is 11.3 Å². The molecule has 0 atom stereocenters. The maximum atomic E-state index is 12.4. The highest BCUT2D eigenvalue weighted by atomic mass is 32.1.